The molecule has 0 bridgehead atoms. The molecule has 7 heteroatoms. The largest absolute Gasteiger partial charge is 0.467 e. The van der Waals surface area contributed by atoms with Crippen LogP contribution in [0.2, 0.25) is 0 Å². The Morgan fingerprint density at radius 3 is 2.33 bits per heavy atom. The summed E-state index contributed by atoms with van der Waals surface area (Å²) < 4.78 is 5.58. The minimum Gasteiger partial charge on any atom is -0.467 e. The number of hydrogen-bond acceptors (Lipinski definition) is 5. The van der Waals surface area contributed by atoms with Gasteiger partial charge in [0.25, 0.3) is 0 Å². The molecule has 2 amide bonds. The third kappa shape index (κ3) is 6.43. The van der Waals surface area contributed by atoms with Crippen molar-refractivity contribution in [1.29, 1.82) is 0 Å². The summed E-state index contributed by atoms with van der Waals surface area (Å²) in [6, 6.07) is 13.5. The van der Waals surface area contributed by atoms with Crippen LogP contribution in [0.5, 0.6) is 0 Å². The van der Waals surface area contributed by atoms with E-state index >= 15 is 0 Å². The second-order valence-corrected chi connectivity index (χ2v) is 8.70. The van der Waals surface area contributed by atoms with Gasteiger partial charge in [-0.15, -0.1) is 0 Å². The van der Waals surface area contributed by atoms with Crippen LogP contribution in [0, 0.1) is 0 Å². The van der Waals surface area contributed by atoms with Crippen LogP contribution in [0.3, 0.4) is 0 Å². The van der Waals surface area contributed by atoms with Gasteiger partial charge >= 0.3 is 0 Å². The average Bonchev–Trinajstić information content (AvgIpc) is 3.22. The molecule has 30 heavy (non-hydrogen) atoms. The predicted molar refractivity (Wildman–Crippen MR) is 116 cm³/mol. The van der Waals surface area contributed by atoms with Crippen LogP contribution in [0.4, 0.5) is 0 Å². The topological polar surface area (TPSA) is 77.8 Å². The molecule has 3 rings (SSSR count). The molecule has 1 fully saturated rings. The highest BCUT2D eigenvalue weighted by atomic mass is 16.3. The van der Waals surface area contributed by atoms with E-state index in [1.165, 1.54) is 0 Å². The zero-order valence-electron chi connectivity index (χ0n) is 18.1. The maximum absolute atomic E-state index is 12.8. The van der Waals surface area contributed by atoms with Crippen LogP contribution in [0.25, 0.3) is 0 Å². The van der Waals surface area contributed by atoms with Gasteiger partial charge in [0.1, 0.15) is 5.76 Å². The Kier molecular flexibility index (Phi) is 7.29. The van der Waals surface area contributed by atoms with Crippen molar-refractivity contribution < 1.29 is 14.0 Å². The SMILES string of the molecule is CC(C)(C)NC(=O)CN1CCN(C(=O)CN[C@H](c2ccccc2)c2ccco2)CC1. The fraction of sp³-hybridized carbons (Fsp3) is 0.478. The minimum absolute atomic E-state index is 0.0214. The first-order valence-electron chi connectivity index (χ1n) is 10.4. The summed E-state index contributed by atoms with van der Waals surface area (Å²) in [7, 11) is 0. The molecule has 0 aliphatic carbocycles. The number of carbonyl (C=O) groups excluding carboxylic acids is 2. The summed E-state index contributed by atoms with van der Waals surface area (Å²) in [5.74, 6) is 0.859. The maximum atomic E-state index is 12.8. The van der Waals surface area contributed by atoms with Gasteiger partial charge in [0.15, 0.2) is 0 Å². The molecular formula is C23H32N4O3. The zero-order chi connectivity index (χ0) is 21.6. The highest BCUT2D eigenvalue weighted by Crippen LogP contribution is 2.22. The summed E-state index contributed by atoms with van der Waals surface area (Å²) in [4.78, 5) is 28.8. The summed E-state index contributed by atoms with van der Waals surface area (Å²) in [6.45, 7) is 9.16. The Labute approximate surface area is 178 Å². The predicted octanol–water partition coefficient (Wildman–Crippen LogP) is 2.02. The Morgan fingerprint density at radius 1 is 1.03 bits per heavy atom. The molecule has 0 saturated carbocycles. The molecule has 1 saturated heterocycles. The Balaban J connectivity index is 1.49. The van der Waals surface area contributed by atoms with Gasteiger partial charge in [0.05, 0.1) is 25.4 Å². The van der Waals surface area contributed by atoms with Gasteiger partial charge in [0.2, 0.25) is 11.8 Å². The lowest BCUT2D eigenvalue weighted by atomic mass is 10.0. The molecule has 2 heterocycles. The standard InChI is InChI=1S/C23H32N4O3/c1-23(2,3)25-20(28)17-26-11-13-27(14-12-26)21(29)16-24-22(19-10-7-15-30-19)18-8-5-4-6-9-18/h4-10,15,22,24H,11-14,16-17H2,1-3H3,(H,25,28)/t22-/m1/s1. The molecule has 1 atom stereocenters. The lowest BCUT2D eigenvalue weighted by Crippen LogP contribution is -2.54. The van der Waals surface area contributed by atoms with E-state index in [4.69, 9.17) is 4.42 Å². The third-order valence-electron chi connectivity index (χ3n) is 5.02. The number of carbonyl (C=O) groups is 2. The summed E-state index contributed by atoms with van der Waals surface area (Å²) in [6.07, 6.45) is 1.64. The van der Waals surface area contributed by atoms with Crippen molar-refractivity contribution in [3.63, 3.8) is 0 Å². The number of nitrogens with zero attached hydrogens (tertiary/aromatic N) is 2. The van der Waals surface area contributed by atoms with Crippen LogP contribution < -0.4 is 10.6 Å². The molecular weight excluding hydrogens is 380 g/mol. The first-order chi connectivity index (χ1) is 14.3. The second-order valence-electron chi connectivity index (χ2n) is 8.70. The van der Waals surface area contributed by atoms with Crippen molar-refractivity contribution in [2.45, 2.75) is 32.4 Å². The summed E-state index contributed by atoms with van der Waals surface area (Å²) in [5.41, 5.74) is 0.819. The van der Waals surface area contributed by atoms with Crippen LogP contribution in [0.15, 0.2) is 53.1 Å². The lowest BCUT2D eigenvalue weighted by molar-refractivity contribution is -0.132. The minimum atomic E-state index is -0.232. The lowest BCUT2D eigenvalue weighted by Gasteiger charge is -2.35. The van der Waals surface area contributed by atoms with E-state index in [-0.39, 0.29) is 29.9 Å². The van der Waals surface area contributed by atoms with E-state index in [0.29, 0.717) is 32.7 Å². The van der Waals surface area contributed by atoms with Crippen molar-refractivity contribution in [3.05, 3.63) is 60.1 Å². The highest BCUT2D eigenvalue weighted by Gasteiger charge is 2.25. The van der Waals surface area contributed by atoms with Gasteiger partial charge < -0.3 is 14.6 Å². The van der Waals surface area contributed by atoms with E-state index in [9.17, 15) is 9.59 Å². The van der Waals surface area contributed by atoms with Crippen molar-refractivity contribution in [3.8, 4) is 0 Å². The molecule has 1 aromatic carbocycles. The van der Waals surface area contributed by atoms with E-state index < -0.39 is 0 Å². The Bertz CT molecular complexity index is 807. The van der Waals surface area contributed by atoms with Gasteiger partial charge in [-0.05, 0) is 38.5 Å². The normalized spacial score (nSPS) is 16.3. The fourth-order valence-electron chi connectivity index (χ4n) is 3.60. The summed E-state index contributed by atoms with van der Waals surface area (Å²) in [5, 5.41) is 6.32. The molecule has 162 valence electrons. The zero-order valence-corrected chi connectivity index (χ0v) is 18.1. The molecule has 1 aromatic heterocycles. The number of rotatable bonds is 7. The molecule has 2 N–H and O–H groups in total. The van der Waals surface area contributed by atoms with Crippen LogP contribution in [0.1, 0.15) is 38.1 Å². The highest BCUT2D eigenvalue weighted by molar-refractivity contribution is 5.79. The van der Waals surface area contributed by atoms with Gasteiger partial charge in [-0.25, -0.2) is 0 Å². The Morgan fingerprint density at radius 2 is 1.73 bits per heavy atom. The molecule has 2 aromatic rings. The third-order valence-corrected chi connectivity index (χ3v) is 5.02. The number of nitrogens with one attached hydrogen (secondary N) is 2. The Hall–Kier alpha value is -2.64. The van der Waals surface area contributed by atoms with Gasteiger partial charge in [-0.2, -0.15) is 0 Å². The van der Waals surface area contributed by atoms with E-state index in [0.717, 1.165) is 11.3 Å². The summed E-state index contributed by atoms with van der Waals surface area (Å²) >= 11 is 0. The molecule has 1 aliphatic rings. The number of benzene rings is 1. The maximum Gasteiger partial charge on any atom is 0.236 e. The number of piperazine rings is 1. The molecule has 0 unspecified atom stereocenters. The van der Waals surface area contributed by atoms with Crippen molar-refractivity contribution >= 4 is 11.8 Å². The quantitative estimate of drug-likeness (QED) is 0.728. The first-order valence-corrected chi connectivity index (χ1v) is 10.4. The van der Waals surface area contributed by atoms with Crippen LogP contribution in [-0.4, -0.2) is 66.4 Å². The number of furan rings is 1. The van der Waals surface area contributed by atoms with Crippen LogP contribution in [-0.2, 0) is 9.59 Å². The van der Waals surface area contributed by atoms with Gasteiger partial charge in [0, 0.05) is 31.7 Å². The second kappa shape index (κ2) is 9.91. The number of hydrogen-bond donors (Lipinski definition) is 2. The first kappa shape index (κ1) is 22.1. The van der Waals surface area contributed by atoms with Crippen molar-refractivity contribution in [2.24, 2.45) is 0 Å². The molecule has 1 aliphatic heterocycles. The van der Waals surface area contributed by atoms with Crippen molar-refractivity contribution in [2.75, 3.05) is 39.3 Å². The molecule has 0 spiro atoms. The smallest absolute Gasteiger partial charge is 0.236 e. The number of amides is 2. The average molecular weight is 413 g/mol. The fourth-order valence-corrected chi connectivity index (χ4v) is 3.60. The van der Waals surface area contributed by atoms with Gasteiger partial charge in [-0.1, -0.05) is 30.3 Å². The van der Waals surface area contributed by atoms with E-state index in [1.807, 2.05) is 68.1 Å². The van der Waals surface area contributed by atoms with Gasteiger partial charge in [-0.3, -0.25) is 19.8 Å². The molecule has 7 nitrogen and oxygen atoms in total. The van der Waals surface area contributed by atoms with Crippen LogP contribution >= 0.6 is 0 Å². The van der Waals surface area contributed by atoms with Crippen molar-refractivity contribution in [1.82, 2.24) is 20.4 Å². The van der Waals surface area contributed by atoms with E-state index in [1.54, 1.807) is 6.26 Å². The van der Waals surface area contributed by atoms with E-state index in [2.05, 4.69) is 15.5 Å². The monoisotopic (exact) mass is 412 g/mol. The molecule has 0 radical (unpaired) electrons.